The fourth-order valence-corrected chi connectivity index (χ4v) is 2.97. The number of nitrogens with one attached hydrogen (secondary N) is 1. The Kier molecular flexibility index (Phi) is 4.04. The molecule has 1 aromatic heterocycles. The molecule has 0 aliphatic rings. The Bertz CT molecular complexity index is 520. The summed E-state index contributed by atoms with van der Waals surface area (Å²) in [6.07, 6.45) is 0. The maximum atomic E-state index is 5.37. The molecular weight excluding hydrogens is 242 g/mol. The molecule has 1 heterocycles. The summed E-state index contributed by atoms with van der Waals surface area (Å²) < 4.78 is 5.37. The molecule has 18 heavy (non-hydrogen) atoms. The van der Waals surface area contributed by atoms with E-state index in [1.54, 1.807) is 18.4 Å². The minimum atomic E-state index is 0.251. The number of hydrogen-bond acceptors (Lipinski definition) is 3. The largest absolute Gasteiger partial charge is 0.496 e. The van der Waals surface area contributed by atoms with E-state index in [-0.39, 0.29) is 6.04 Å². The lowest BCUT2D eigenvalue weighted by Gasteiger charge is -2.20. The highest BCUT2D eigenvalue weighted by atomic mass is 32.1. The second-order valence-electron chi connectivity index (χ2n) is 4.46. The molecule has 0 spiro atoms. The van der Waals surface area contributed by atoms with Crippen molar-refractivity contribution in [3.63, 3.8) is 0 Å². The number of rotatable bonds is 4. The molecule has 0 amide bonds. The molecule has 2 nitrogen and oxygen atoms in total. The Hall–Kier alpha value is -1.32. The van der Waals surface area contributed by atoms with Crippen LogP contribution in [0.2, 0.25) is 0 Å². The van der Waals surface area contributed by atoms with Gasteiger partial charge in [0.15, 0.2) is 0 Å². The van der Waals surface area contributed by atoms with Crippen LogP contribution in [0.1, 0.15) is 28.3 Å². The summed E-state index contributed by atoms with van der Waals surface area (Å²) in [5, 5.41) is 7.70. The van der Waals surface area contributed by atoms with E-state index >= 15 is 0 Å². The van der Waals surface area contributed by atoms with E-state index in [2.05, 4.69) is 48.1 Å². The lowest BCUT2D eigenvalue weighted by Crippen LogP contribution is -2.18. The lowest BCUT2D eigenvalue weighted by molar-refractivity contribution is 0.411. The van der Waals surface area contributed by atoms with Crippen molar-refractivity contribution in [3.8, 4) is 5.75 Å². The van der Waals surface area contributed by atoms with Crippen LogP contribution in [0, 0.1) is 13.8 Å². The van der Waals surface area contributed by atoms with Crippen LogP contribution in [0.3, 0.4) is 0 Å². The molecule has 0 aliphatic carbocycles. The summed E-state index contributed by atoms with van der Waals surface area (Å²) in [7, 11) is 3.72. The average Bonchev–Trinajstić information content (AvgIpc) is 2.87. The standard InChI is InChI=1S/C15H19NOS/c1-10-8-14(17-4)11(2)7-13(10)15(16-3)12-5-6-18-9-12/h5-9,15-16H,1-4H3. The van der Waals surface area contributed by atoms with Gasteiger partial charge in [-0.05, 0) is 66.0 Å². The third-order valence-electron chi connectivity index (χ3n) is 3.26. The van der Waals surface area contributed by atoms with Crippen LogP contribution < -0.4 is 10.1 Å². The molecule has 2 aromatic rings. The normalized spacial score (nSPS) is 12.4. The van der Waals surface area contributed by atoms with Gasteiger partial charge in [0.05, 0.1) is 13.2 Å². The summed E-state index contributed by atoms with van der Waals surface area (Å²) in [4.78, 5) is 0. The second kappa shape index (κ2) is 5.55. The maximum absolute atomic E-state index is 5.37. The van der Waals surface area contributed by atoms with E-state index in [9.17, 15) is 0 Å². The Morgan fingerprint density at radius 1 is 1.22 bits per heavy atom. The van der Waals surface area contributed by atoms with Gasteiger partial charge in [-0.3, -0.25) is 0 Å². The smallest absolute Gasteiger partial charge is 0.122 e. The third-order valence-corrected chi connectivity index (χ3v) is 3.96. The first-order valence-corrected chi connectivity index (χ1v) is 6.96. The highest BCUT2D eigenvalue weighted by Gasteiger charge is 2.16. The Morgan fingerprint density at radius 2 is 2.00 bits per heavy atom. The zero-order valence-corrected chi connectivity index (χ0v) is 12.1. The molecule has 0 bridgehead atoms. The van der Waals surface area contributed by atoms with Crippen molar-refractivity contribution in [3.05, 3.63) is 51.2 Å². The van der Waals surface area contributed by atoms with Gasteiger partial charge in [-0.15, -0.1) is 0 Å². The van der Waals surface area contributed by atoms with Crippen LogP contribution in [0.25, 0.3) is 0 Å². The van der Waals surface area contributed by atoms with Gasteiger partial charge in [0.25, 0.3) is 0 Å². The molecule has 96 valence electrons. The van der Waals surface area contributed by atoms with Crippen molar-refractivity contribution in [1.82, 2.24) is 5.32 Å². The molecule has 0 fully saturated rings. The van der Waals surface area contributed by atoms with Crippen LogP contribution >= 0.6 is 11.3 Å². The molecule has 1 N–H and O–H groups in total. The molecule has 0 saturated carbocycles. The number of hydrogen-bond donors (Lipinski definition) is 1. The fraction of sp³-hybridized carbons (Fsp3) is 0.333. The van der Waals surface area contributed by atoms with Crippen molar-refractivity contribution < 1.29 is 4.74 Å². The van der Waals surface area contributed by atoms with Gasteiger partial charge in [0, 0.05) is 0 Å². The topological polar surface area (TPSA) is 21.3 Å². The molecule has 2 rings (SSSR count). The van der Waals surface area contributed by atoms with Crippen molar-refractivity contribution in [2.75, 3.05) is 14.2 Å². The Morgan fingerprint density at radius 3 is 2.56 bits per heavy atom. The summed E-state index contributed by atoms with van der Waals surface area (Å²) >= 11 is 1.73. The van der Waals surface area contributed by atoms with Crippen molar-refractivity contribution in [2.24, 2.45) is 0 Å². The first-order chi connectivity index (χ1) is 8.67. The van der Waals surface area contributed by atoms with Crippen molar-refractivity contribution in [1.29, 1.82) is 0 Å². The third kappa shape index (κ3) is 2.42. The number of ether oxygens (including phenoxy) is 1. The molecule has 1 unspecified atom stereocenters. The molecule has 0 radical (unpaired) electrons. The zero-order valence-electron chi connectivity index (χ0n) is 11.3. The predicted octanol–water partition coefficient (Wildman–Crippen LogP) is 3.68. The van der Waals surface area contributed by atoms with E-state index in [4.69, 9.17) is 4.74 Å². The van der Waals surface area contributed by atoms with Crippen LogP contribution in [0.5, 0.6) is 5.75 Å². The van der Waals surface area contributed by atoms with Gasteiger partial charge in [0.1, 0.15) is 5.75 Å². The number of methoxy groups -OCH3 is 1. The van der Waals surface area contributed by atoms with Gasteiger partial charge in [-0.2, -0.15) is 11.3 Å². The zero-order chi connectivity index (χ0) is 13.1. The summed E-state index contributed by atoms with van der Waals surface area (Å²) in [5.41, 5.74) is 5.06. The van der Waals surface area contributed by atoms with Crippen LogP contribution in [-0.4, -0.2) is 14.2 Å². The average molecular weight is 261 g/mol. The van der Waals surface area contributed by atoms with Gasteiger partial charge in [-0.25, -0.2) is 0 Å². The van der Waals surface area contributed by atoms with Gasteiger partial charge in [-0.1, -0.05) is 6.07 Å². The number of aryl methyl sites for hydroxylation is 2. The second-order valence-corrected chi connectivity index (χ2v) is 5.24. The highest BCUT2D eigenvalue weighted by molar-refractivity contribution is 7.08. The molecule has 0 saturated heterocycles. The predicted molar refractivity (Wildman–Crippen MR) is 77.7 cm³/mol. The van der Waals surface area contributed by atoms with Crippen molar-refractivity contribution >= 4 is 11.3 Å². The number of benzene rings is 1. The van der Waals surface area contributed by atoms with E-state index in [1.807, 2.05) is 7.05 Å². The molecular formula is C15H19NOS. The Labute approximate surface area is 113 Å². The summed E-state index contributed by atoms with van der Waals surface area (Å²) in [6, 6.07) is 6.75. The summed E-state index contributed by atoms with van der Waals surface area (Å²) in [6.45, 7) is 4.22. The van der Waals surface area contributed by atoms with E-state index < -0.39 is 0 Å². The monoisotopic (exact) mass is 261 g/mol. The minimum absolute atomic E-state index is 0.251. The van der Waals surface area contributed by atoms with Crippen LogP contribution in [0.4, 0.5) is 0 Å². The minimum Gasteiger partial charge on any atom is -0.496 e. The Balaban J connectivity index is 2.46. The van der Waals surface area contributed by atoms with E-state index in [0.29, 0.717) is 0 Å². The van der Waals surface area contributed by atoms with Crippen LogP contribution in [0.15, 0.2) is 29.0 Å². The fourth-order valence-electron chi connectivity index (χ4n) is 2.28. The first-order valence-electron chi connectivity index (χ1n) is 6.02. The molecule has 1 aromatic carbocycles. The summed E-state index contributed by atoms with van der Waals surface area (Å²) in [5.74, 6) is 0.955. The van der Waals surface area contributed by atoms with Gasteiger partial charge in [0.2, 0.25) is 0 Å². The van der Waals surface area contributed by atoms with E-state index in [0.717, 1.165) is 5.75 Å². The van der Waals surface area contributed by atoms with E-state index in [1.165, 1.54) is 22.3 Å². The maximum Gasteiger partial charge on any atom is 0.122 e. The molecule has 1 atom stereocenters. The van der Waals surface area contributed by atoms with Crippen molar-refractivity contribution in [2.45, 2.75) is 19.9 Å². The molecule has 0 aliphatic heterocycles. The first kappa shape index (κ1) is 13.1. The lowest BCUT2D eigenvalue weighted by atomic mass is 9.95. The van der Waals surface area contributed by atoms with Gasteiger partial charge < -0.3 is 10.1 Å². The van der Waals surface area contributed by atoms with Gasteiger partial charge >= 0.3 is 0 Å². The SMILES string of the molecule is CNC(c1ccsc1)c1cc(C)c(OC)cc1C. The number of thiophene rings is 1. The highest BCUT2D eigenvalue weighted by Crippen LogP contribution is 2.30. The van der Waals surface area contributed by atoms with Crippen LogP contribution in [-0.2, 0) is 0 Å². The molecule has 3 heteroatoms. The quantitative estimate of drug-likeness (QED) is 0.906.